The largest absolute Gasteiger partial charge is 0.495 e. The molecule has 2 atom stereocenters. The molecule has 1 unspecified atom stereocenters. The number of nitrogens with zero attached hydrogens (tertiary/aromatic N) is 4. The summed E-state index contributed by atoms with van der Waals surface area (Å²) in [5.74, 6) is -0.549. The highest BCUT2D eigenvalue weighted by molar-refractivity contribution is 7.88. The number of rotatable bonds is 9. The number of carbonyl (C=O) groups excluding carboxylic acids is 1. The molecule has 2 heterocycles. The number of anilines is 3. The van der Waals surface area contributed by atoms with E-state index in [1.165, 1.54) is 18.5 Å². The highest BCUT2D eigenvalue weighted by Crippen LogP contribution is 2.37. The molecule has 2 aromatic rings. The third-order valence-corrected chi connectivity index (χ3v) is 8.97. The molecule has 226 valence electrons. The SMILES string of the molecule is COc1cc(C(=O)NC2CCN(C)CC2)ccc1Nc1ncc(C(F)(F)F)c(N[C@@H]2CCCC2N(C)S(C)(=O)=O)n1. The lowest BCUT2D eigenvalue weighted by molar-refractivity contribution is -0.137. The Balaban J connectivity index is 1.54. The second-order valence-corrected chi connectivity index (χ2v) is 12.6. The van der Waals surface area contributed by atoms with Crippen LogP contribution < -0.4 is 20.7 Å². The van der Waals surface area contributed by atoms with Crippen molar-refractivity contribution in [1.29, 1.82) is 0 Å². The van der Waals surface area contributed by atoms with Gasteiger partial charge < -0.3 is 25.6 Å². The summed E-state index contributed by atoms with van der Waals surface area (Å²) in [4.78, 5) is 23.0. The van der Waals surface area contributed by atoms with Crippen molar-refractivity contribution in [1.82, 2.24) is 24.5 Å². The summed E-state index contributed by atoms with van der Waals surface area (Å²) < 4.78 is 72.3. The quantitative estimate of drug-likeness (QED) is 0.398. The van der Waals surface area contributed by atoms with Gasteiger partial charge in [-0.3, -0.25) is 4.79 Å². The summed E-state index contributed by atoms with van der Waals surface area (Å²) in [5.41, 5.74) is -0.336. The predicted octanol–water partition coefficient (Wildman–Crippen LogP) is 3.30. The number of benzene rings is 1. The Morgan fingerprint density at radius 3 is 2.51 bits per heavy atom. The second-order valence-electron chi connectivity index (χ2n) is 10.6. The molecule has 41 heavy (non-hydrogen) atoms. The number of likely N-dealkylation sites (tertiary alicyclic amines) is 1. The van der Waals surface area contributed by atoms with Crippen molar-refractivity contribution in [3.05, 3.63) is 35.5 Å². The van der Waals surface area contributed by atoms with E-state index in [9.17, 15) is 26.4 Å². The van der Waals surface area contributed by atoms with Gasteiger partial charge in [0, 0.05) is 36.9 Å². The van der Waals surface area contributed by atoms with E-state index in [1.54, 1.807) is 18.2 Å². The first kappa shape index (κ1) is 30.8. The summed E-state index contributed by atoms with van der Waals surface area (Å²) in [7, 11) is 1.33. The average Bonchev–Trinajstić information content (AvgIpc) is 3.36. The Labute approximate surface area is 237 Å². The summed E-state index contributed by atoms with van der Waals surface area (Å²) in [6.07, 6.45) is 0.342. The van der Waals surface area contributed by atoms with E-state index in [-0.39, 0.29) is 23.6 Å². The van der Waals surface area contributed by atoms with E-state index < -0.39 is 39.7 Å². The summed E-state index contributed by atoms with van der Waals surface area (Å²) in [5, 5.41) is 8.75. The van der Waals surface area contributed by atoms with Gasteiger partial charge >= 0.3 is 6.18 Å². The zero-order valence-electron chi connectivity index (χ0n) is 23.5. The molecule has 0 radical (unpaired) electrons. The summed E-state index contributed by atoms with van der Waals surface area (Å²) in [6.45, 7) is 1.80. The molecule has 0 spiro atoms. The lowest BCUT2D eigenvalue weighted by atomic mass is 10.0. The van der Waals surface area contributed by atoms with Gasteiger partial charge in [-0.05, 0) is 70.4 Å². The number of carbonyl (C=O) groups is 1. The van der Waals surface area contributed by atoms with Crippen molar-refractivity contribution in [2.75, 3.05) is 51.2 Å². The van der Waals surface area contributed by atoms with Crippen LogP contribution in [0.25, 0.3) is 0 Å². The van der Waals surface area contributed by atoms with Gasteiger partial charge in [-0.25, -0.2) is 17.7 Å². The molecular formula is C26H36F3N7O4S. The molecule has 1 saturated carbocycles. The molecular weight excluding hydrogens is 563 g/mol. The van der Waals surface area contributed by atoms with Crippen molar-refractivity contribution in [3.63, 3.8) is 0 Å². The zero-order chi connectivity index (χ0) is 29.9. The summed E-state index contributed by atoms with van der Waals surface area (Å²) >= 11 is 0. The van der Waals surface area contributed by atoms with Crippen molar-refractivity contribution < 1.29 is 31.1 Å². The lowest BCUT2D eigenvalue weighted by Crippen LogP contribution is -2.44. The molecule has 1 saturated heterocycles. The van der Waals surface area contributed by atoms with E-state index in [1.807, 2.05) is 7.05 Å². The Morgan fingerprint density at radius 1 is 1.17 bits per heavy atom. The lowest BCUT2D eigenvalue weighted by Gasteiger charge is -2.29. The number of halogens is 3. The van der Waals surface area contributed by atoms with Gasteiger partial charge in [-0.2, -0.15) is 18.2 Å². The van der Waals surface area contributed by atoms with Gasteiger partial charge in [-0.1, -0.05) is 0 Å². The molecule has 1 aliphatic carbocycles. The molecule has 1 aliphatic heterocycles. The fourth-order valence-corrected chi connectivity index (χ4v) is 5.95. The number of amides is 1. The topological polar surface area (TPSA) is 129 Å². The number of methoxy groups -OCH3 is 1. The Hall–Kier alpha value is -3.17. The molecule has 15 heteroatoms. The van der Waals surface area contributed by atoms with Crippen LogP contribution in [0.3, 0.4) is 0 Å². The Kier molecular flexibility index (Phi) is 9.29. The van der Waals surface area contributed by atoms with Crippen LogP contribution >= 0.6 is 0 Å². The van der Waals surface area contributed by atoms with Crippen LogP contribution in [-0.2, 0) is 16.2 Å². The summed E-state index contributed by atoms with van der Waals surface area (Å²) in [6, 6.07) is 3.68. The normalized spacial score (nSPS) is 20.7. The standard InChI is InChI=1S/C26H36F3N7O4S/c1-35-12-10-17(11-13-35)31-24(37)16-8-9-20(22(14-16)40-3)33-25-30-15-18(26(27,28)29)23(34-25)32-19-6-5-7-21(19)36(2)41(4,38)39/h8-9,14-15,17,19,21H,5-7,10-13H2,1-4H3,(H,31,37)(H2,30,32,33,34)/t19-,21?/m1/s1. The highest BCUT2D eigenvalue weighted by atomic mass is 32.2. The fraction of sp³-hybridized carbons (Fsp3) is 0.577. The van der Waals surface area contributed by atoms with Crippen LogP contribution in [0.2, 0.25) is 0 Å². The highest BCUT2D eigenvalue weighted by Gasteiger charge is 2.39. The van der Waals surface area contributed by atoms with E-state index in [4.69, 9.17) is 4.74 Å². The number of hydrogen-bond acceptors (Lipinski definition) is 9. The molecule has 1 amide bonds. The van der Waals surface area contributed by atoms with Gasteiger partial charge in [-0.15, -0.1) is 0 Å². The minimum atomic E-state index is -4.74. The molecule has 1 aromatic carbocycles. The van der Waals surface area contributed by atoms with Crippen LogP contribution in [0.4, 0.5) is 30.6 Å². The van der Waals surface area contributed by atoms with Gasteiger partial charge in [0.1, 0.15) is 17.1 Å². The van der Waals surface area contributed by atoms with Gasteiger partial charge in [0.2, 0.25) is 16.0 Å². The van der Waals surface area contributed by atoms with Crippen molar-refractivity contribution in [3.8, 4) is 5.75 Å². The number of nitrogens with one attached hydrogen (secondary N) is 3. The first-order chi connectivity index (χ1) is 19.3. The minimum absolute atomic E-state index is 0.0747. The smallest absolute Gasteiger partial charge is 0.421 e. The van der Waals surface area contributed by atoms with Crippen LogP contribution in [0.1, 0.15) is 48.0 Å². The molecule has 11 nitrogen and oxygen atoms in total. The number of ether oxygens (including phenoxy) is 1. The monoisotopic (exact) mass is 599 g/mol. The Bertz CT molecular complexity index is 1350. The van der Waals surface area contributed by atoms with Crippen LogP contribution in [0, 0.1) is 0 Å². The van der Waals surface area contributed by atoms with Gasteiger partial charge in [0.15, 0.2) is 0 Å². The molecule has 2 fully saturated rings. The number of piperidine rings is 1. The molecule has 1 aromatic heterocycles. The van der Waals surface area contributed by atoms with Gasteiger partial charge in [0.25, 0.3) is 5.91 Å². The van der Waals surface area contributed by atoms with E-state index in [0.717, 1.165) is 32.2 Å². The minimum Gasteiger partial charge on any atom is -0.495 e. The molecule has 0 bridgehead atoms. The van der Waals surface area contributed by atoms with Crippen molar-refractivity contribution >= 4 is 33.4 Å². The number of alkyl halides is 3. The van der Waals surface area contributed by atoms with E-state index in [2.05, 4.69) is 30.8 Å². The average molecular weight is 600 g/mol. The number of sulfonamides is 1. The molecule has 2 aliphatic rings. The van der Waals surface area contributed by atoms with Crippen LogP contribution in [-0.4, -0.2) is 92.2 Å². The number of aromatic nitrogens is 2. The van der Waals surface area contributed by atoms with Gasteiger partial charge in [0.05, 0.1) is 19.1 Å². The van der Waals surface area contributed by atoms with Crippen LogP contribution in [0.15, 0.2) is 24.4 Å². The van der Waals surface area contributed by atoms with E-state index in [0.29, 0.717) is 36.7 Å². The number of hydrogen-bond donors (Lipinski definition) is 3. The second kappa shape index (κ2) is 12.4. The Morgan fingerprint density at radius 2 is 1.88 bits per heavy atom. The first-order valence-electron chi connectivity index (χ1n) is 13.3. The first-order valence-corrected chi connectivity index (χ1v) is 15.2. The van der Waals surface area contributed by atoms with E-state index >= 15 is 0 Å². The fourth-order valence-electron chi connectivity index (χ4n) is 5.20. The third kappa shape index (κ3) is 7.57. The van der Waals surface area contributed by atoms with Crippen molar-refractivity contribution in [2.45, 2.75) is 56.4 Å². The maximum Gasteiger partial charge on any atom is 0.421 e. The maximum absolute atomic E-state index is 13.8. The molecule has 4 rings (SSSR count). The third-order valence-electron chi connectivity index (χ3n) is 7.65. The maximum atomic E-state index is 13.8. The molecule has 3 N–H and O–H groups in total. The predicted molar refractivity (Wildman–Crippen MR) is 149 cm³/mol. The zero-order valence-corrected chi connectivity index (χ0v) is 24.3. The van der Waals surface area contributed by atoms with Crippen LogP contribution in [0.5, 0.6) is 5.75 Å². The van der Waals surface area contributed by atoms with Crippen molar-refractivity contribution in [2.24, 2.45) is 0 Å². The number of likely N-dealkylation sites (N-methyl/N-ethyl adjacent to an activating group) is 1.